The van der Waals surface area contributed by atoms with E-state index < -0.39 is 0 Å². The Morgan fingerprint density at radius 1 is 1.05 bits per heavy atom. The van der Waals surface area contributed by atoms with Gasteiger partial charge in [-0.15, -0.1) is 4.47 Å². The standard InChI is InChI=1S/C13H19NO4S/c1-9(19-14(2)18-6)10-7-11(15-3)13(17-5)12(8-10)16-4/h7-8H,1H2,2-6H3. The monoisotopic (exact) mass is 285 g/mol. The molecular weight excluding hydrogens is 266 g/mol. The van der Waals surface area contributed by atoms with Crippen LogP contribution in [0.3, 0.4) is 0 Å². The van der Waals surface area contributed by atoms with Gasteiger partial charge in [-0.2, -0.15) is 0 Å². The lowest BCUT2D eigenvalue weighted by atomic mass is 10.2. The molecule has 6 heteroatoms. The Morgan fingerprint density at radius 2 is 1.58 bits per heavy atom. The van der Waals surface area contributed by atoms with Gasteiger partial charge in [-0.05, 0) is 29.6 Å². The predicted molar refractivity (Wildman–Crippen MR) is 77.5 cm³/mol. The van der Waals surface area contributed by atoms with Crippen molar-refractivity contribution >= 4 is 16.9 Å². The first-order valence-electron chi connectivity index (χ1n) is 5.52. The smallest absolute Gasteiger partial charge is 0.203 e. The lowest BCUT2D eigenvalue weighted by Crippen LogP contribution is -2.06. The maximum Gasteiger partial charge on any atom is 0.203 e. The topological polar surface area (TPSA) is 40.2 Å². The summed E-state index contributed by atoms with van der Waals surface area (Å²) in [5.41, 5.74) is 0.878. The Kier molecular flexibility index (Phi) is 6.01. The van der Waals surface area contributed by atoms with Crippen LogP contribution in [0, 0.1) is 0 Å². The second kappa shape index (κ2) is 7.28. The minimum absolute atomic E-state index is 0.562. The molecule has 19 heavy (non-hydrogen) atoms. The first kappa shape index (κ1) is 15.7. The number of ether oxygens (including phenoxy) is 3. The summed E-state index contributed by atoms with van der Waals surface area (Å²) in [5, 5.41) is 0. The summed E-state index contributed by atoms with van der Waals surface area (Å²) in [6.45, 7) is 4.01. The summed E-state index contributed by atoms with van der Waals surface area (Å²) in [6, 6.07) is 3.69. The fourth-order valence-electron chi connectivity index (χ4n) is 1.49. The fourth-order valence-corrected chi connectivity index (χ4v) is 2.10. The molecule has 106 valence electrons. The molecule has 0 saturated carbocycles. The van der Waals surface area contributed by atoms with Gasteiger partial charge in [0.25, 0.3) is 0 Å². The van der Waals surface area contributed by atoms with Gasteiger partial charge < -0.3 is 14.2 Å². The SMILES string of the molecule is C=C(SN(C)OC)c1cc(OC)c(OC)c(OC)c1. The molecule has 0 N–H and O–H groups in total. The molecule has 0 atom stereocenters. The molecule has 0 radical (unpaired) electrons. The van der Waals surface area contributed by atoms with Crippen molar-refractivity contribution in [2.45, 2.75) is 0 Å². The predicted octanol–water partition coefficient (Wildman–Crippen LogP) is 2.82. The Balaban J connectivity index is 3.12. The molecule has 0 aliphatic heterocycles. The first-order valence-corrected chi connectivity index (χ1v) is 6.29. The molecule has 0 unspecified atom stereocenters. The quantitative estimate of drug-likeness (QED) is 0.567. The van der Waals surface area contributed by atoms with Crippen LogP contribution in [-0.2, 0) is 4.84 Å². The molecular formula is C13H19NO4S. The molecule has 0 bridgehead atoms. The Bertz CT molecular complexity index is 425. The third-order valence-electron chi connectivity index (χ3n) is 2.48. The van der Waals surface area contributed by atoms with Crippen LogP contribution in [-0.4, -0.2) is 40.0 Å². The zero-order chi connectivity index (χ0) is 14.4. The first-order chi connectivity index (χ1) is 9.07. The van der Waals surface area contributed by atoms with Crippen molar-refractivity contribution in [3.8, 4) is 17.2 Å². The number of methoxy groups -OCH3 is 3. The molecule has 1 aromatic rings. The molecule has 0 fully saturated rings. The largest absolute Gasteiger partial charge is 0.493 e. The summed E-state index contributed by atoms with van der Waals surface area (Å²) < 4.78 is 17.5. The van der Waals surface area contributed by atoms with E-state index in [1.165, 1.54) is 11.9 Å². The highest BCUT2D eigenvalue weighted by Crippen LogP contribution is 2.41. The van der Waals surface area contributed by atoms with E-state index in [0.29, 0.717) is 17.2 Å². The summed E-state index contributed by atoms with van der Waals surface area (Å²) >= 11 is 1.37. The van der Waals surface area contributed by atoms with Crippen molar-refractivity contribution in [1.82, 2.24) is 4.47 Å². The fraction of sp³-hybridized carbons (Fsp3) is 0.385. The van der Waals surface area contributed by atoms with Crippen LogP contribution in [0.4, 0.5) is 0 Å². The van der Waals surface area contributed by atoms with Crippen molar-refractivity contribution in [2.75, 3.05) is 35.5 Å². The van der Waals surface area contributed by atoms with Crippen LogP contribution in [0.5, 0.6) is 17.2 Å². The highest BCUT2D eigenvalue weighted by atomic mass is 32.2. The number of hydrogen-bond acceptors (Lipinski definition) is 6. The van der Waals surface area contributed by atoms with Crippen molar-refractivity contribution in [3.05, 3.63) is 24.3 Å². The van der Waals surface area contributed by atoms with Gasteiger partial charge in [-0.1, -0.05) is 6.58 Å². The van der Waals surface area contributed by atoms with Crippen LogP contribution in [0.25, 0.3) is 4.91 Å². The van der Waals surface area contributed by atoms with Gasteiger partial charge in [0.15, 0.2) is 11.5 Å². The Hall–Kier alpha value is -1.37. The van der Waals surface area contributed by atoms with Crippen LogP contribution < -0.4 is 14.2 Å². The molecule has 0 saturated heterocycles. The average molecular weight is 285 g/mol. The molecule has 0 amide bonds. The van der Waals surface area contributed by atoms with E-state index in [1.807, 2.05) is 12.1 Å². The molecule has 1 rings (SSSR count). The highest BCUT2D eigenvalue weighted by molar-refractivity contribution is 8.06. The van der Waals surface area contributed by atoms with Crippen molar-refractivity contribution in [2.24, 2.45) is 0 Å². The van der Waals surface area contributed by atoms with Crippen molar-refractivity contribution in [3.63, 3.8) is 0 Å². The summed E-state index contributed by atoms with van der Waals surface area (Å²) in [4.78, 5) is 5.86. The van der Waals surface area contributed by atoms with Crippen LogP contribution >= 0.6 is 11.9 Å². The van der Waals surface area contributed by atoms with Gasteiger partial charge in [0.05, 0.1) is 28.4 Å². The van der Waals surface area contributed by atoms with E-state index in [2.05, 4.69) is 6.58 Å². The summed E-state index contributed by atoms with van der Waals surface area (Å²) in [6.07, 6.45) is 0. The molecule has 0 aliphatic carbocycles. The minimum atomic E-state index is 0.562. The zero-order valence-corrected chi connectivity index (χ0v) is 12.7. The molecule has 0 spiro atoms. The van der Waals surface area contributed by atoms with E-state index in [-0.39, 0.29) is 0 Å². The molecule has 1 aromatic carbocycles. The minimum Gasteiger partial charge on any atom is -0.493 e. The van der Waals surface area contributed by atoms with Crippen LogP contribution in [0.1, 0.15) is 5.56 Å². The summed E-state index contributed by atoms with van der Waals surface area (Å²) in [5.74, 6) is 1.75. The van der Waals surface area contributed by atoms with E-state index in [4.69, 9.17) is 19.0 Å². The Labute approximate surface area is 118 Å². The number of hydroxylamine groups is 1. The number of hydrogen-bond donors (Lipinski definition) is 0. The normalized spacial score (nSPS) is 10.4. The number of rotatable bonds is 7. The van der Waals surface area contributed by atoms with Gasteiger partial charge >= 0.3 is 0 Å². The zero-order valence-electron chi connectivity index (χ0n) is 11.9. The number of benzene rings is 1. The molecule has 0 aromatic heterocycles. The molecule has 5 nitrogen and oxygen atoms in total. The second-order valence-corrected chi connectivity index (χ2v) is 4.74. The molecule has 0 heterocycles. The summed E-state index contributed by atoms with van der Waals surface area (Å²) in [7, 11) is 8.13. The van der Waals surface area contributed by atoms with Gasteiger partial charge in [-0.3, -0.25) is 4.84 Å². The lowest BCUT2D eigenvalue weighted by molar-refractivity contribution is -0.0135. The Morgan fingerprint density at radius 3 is 1.95 bits per heavy atom. The second-order valence-electron chi connectivity index (χ2n) is 3.55. The van der Waals surface area contributed by atoms with Crippen LogP contribution in [0.15, 0.2) is 18.7 Å². The van der Waals surface area contributed by atoms with Gasteiger partial charge in [0.2, 0.25) is 5.75 Å². The van der Waals surface area contributed by atoms with Crippen LogP contribution in [0.2, 0.25) is 0 Å². The molecule has 0 aliphatic rings. The van der Waals surface area contributed by atoms with Gasteiger partial charge in [-0.25, -0.2) is 0 Å². The van der Waals surface area contributed by atoms with Crippen molar-refractivity contribution < 1.29 is 19.0 Å². The maximum atomic E-state index is 5.30. The van der Waals surface area contributed by atoms with Crippen molar-refractivity contribution in [1.29, 1.82) is 0 Å². The number of nitrogens with zero attached hydrogens (tertiary/aromatic N) is 1. The van der Waals surface area contributed by atoms with E-state index >= 15 is 0 Å². The average Bonchev–Trinajstić information content (AvgIpc) is 2.44. The highest BCUT2D eigenvalue weighted by Gasteiger charge is 2.15. The van der Waals surface area contributed by atoms with Gasteiger partial charge in [0, 0.05) is 12.0 Å². The maximum absolute atomic E-state index is 5.30. The van der Waals surface area contributed by atoms with E-state index in [0.717, 1.165) is 10.5 Å². The lowest BCUT2D eigenvalue weighted by Gasteiger charge is -2.17. The van der Waals surface area contributed by atoms with Gasteiger partial charge in [0.1, 0.15) is 0 Å². The van der Waals surface area contributed by atoms with E-state index in [1.54, 1.807) is 40.0 Å². The van der Waals surface area contributed by atoms with E-state index in [9.17, 15) is 0 Å². The third-order valence-corrected chi connectivity index (χ3v) is 3.34. The third kappa shape index (κ3) is 3.79.